The van der Waals surface area contributed by atoms with Gasteiger partial charge < -0.3 is 15.8 Å². The van der Waals surface area contributed by atoms with Crippen molar-refractivity contribution in [2.75, 3.05) is 18.6 Å². The second-order valence-corrected chi connectivity index (χ2v) is 7.14. The fraction of sp³-hybridized carbons (Fsp3) is 0.143. The van der Waals surface area contributed by atoms with E-state index in [9.17, 15) is 14.4 Å². The van der Waals surface area contributed by atoms with Crippen LogP contribution < -0.4 is 16.6 Å². The molecule has 0 spiro atoms. The van der Waals surface area contributed by atoms with Crippen molar-refractivity contribution in [2.45, 2.75) is 11.2 Å². The molecule has 30 heavy (non-hydrogen) atoms. The van der Waals surface area contributed by atoms with Crippen LogP contribution in [0.15, 0.2) is 76.7 Å². The SMILES string of the molecule is COC(=O)[C@@H](NC(=O)CSc1nc(=O)cc(N)n1-c1ccccc1)c1ccccc1. The van der Waals surface area contributed by atoms with E-state index in [2.05, 4.69) is 10.3 Å². The molecule has 1 heterocycles. The van der Waals surface area contributed by atoms with Gasteiger partial charge in [0.2, 0.25) is 5.91 Å². The van der Waals surface area contributed by atoms with Crippen LogP contribution in [0.25, 0.3) is 5.69 Å². The molecule has 0 aliphatic rings. The largest absolute Gasteiger partial charge is 0.467 e. The normalized spacial score (nSPS) is 11.5. The molecule has 3 N–H and O–H groups in total. The molecule has 0 bridgehead atoms. The van der Waals surface area contributed by atoms with E-state index in [4.69, 9.17) is 10.5 Å². The van der Waals surface area contributed by atoms with Crippen LogP contribution in [0.3, 0.4) is 0 Å². The number of hydrogen-bond acceptors (Lipinski definition) is 7. The van der Waals surface area contributed by atoms with Gasteiger partial charge >= 0.3 is 5.97 Å². The Balaban J connectivity index is 1.79. The highest BCUT2D eigenvalue weighted by molar-refractivity contribution is 7.99. The van der Waals surface area contributed by atoms with Crippen molar-refractivity contribution < 1.29 is 14.3 Å². The van der Waals surface area contributed by atoms with Gasteiger partial charge in [0.1, 0.15) is 5.82 Å². The summed E-state index contributed by atoms with van der Waals surface area (Å²) in [6, 6.07) is 18.2. The molecule has 0 fully saturated rings. The van der Waals surface area contributed by atoms with Crippen molar-refractivity contribution in [2.24, 2.45) is 0 Å². The minimum Gasteiger partial charge on any atom is -0.467 e. The van der Waals surface area contributed by atoms with Gasteiger partial charge in [0.05, 0.1) is 12.9 Å². The van der Waals surface area contributed by atoms with Crippen molar-refractivity contribution in [1.82, 2.24) is 14.9 Å². The van der Waals surface area contributed by atoms with E-state index < -0.39 is 23.5 Å². The number of hydrogen-bond donors (Lipinski definition) is 2. The quantitative estimate of drug-likeness (QED) is 0.338. The first-order valence-corrected chi connectivity index (χ1v) is 9.98. The monoisotopic (exact) mass is 424 g/mol. The van der Waals surface area contributed by atoms with Crippen LogP contribution in [0.2, 0.25) is 0 Å². The molecule has 3 rings (SSSR count). The number of aromatic nitrogens is 2. The van der Waals surface area contributed by atoms with Gasteiger partial charge in [-0.1, -0.05) is 60.3 Å². The average molecular weight is 424 g/mol. The fourth-order valence-electron chi connectivity index (χ4n) is 2.79. The molecule has 1 amide bonds. The van der Waals surface area contributed by atoms with E-state index in [1.165, 1.54) is 13.2 Å². The van der Waals surface area contributed by atoms with Gasteiger partial charge in [-0.3, -0.25) is 14.2 Å². The molecule has 1 aromatic heterocycles. The van der Waals surface area contributed by atoms with E-state index in [0.717, 1.165) is 11.8 Å². The smallest absolute Gasteiger partial charge is 0.333 e. The second-order valence-electron chi connectivity index (χ2n) is 6.20. The molecule has 0 radical (unpaired) electrons. The van der Waals surface area contributed by atoms with Gasteiger partial charge in [-0.25, -0.2) is 4.79 Å². The number of methoxy groups -OCH3 is 1. The number of nitrogen functional groups attached to an aromatic ring is 1. The van der Waals surface area contributed by atoms with Crippen LogP contribution in [0.4, 0.5) is 5.82 Å². The van der Waals surface area contributed by atoms with Gasteiger partial charge in [0.15, 0.2) is 11.2 Å². The number of thioether (sulfide) groups is 1. The number of nitrogens with zero attached hydrogens (tertiary/aromatic N) is 2. The molecule has 0 saturated carbocycles. The first kappa shape index (κ1) is 21.1. The van der Waals surface area contributed by atoms with Crippen LogP contribution in [0.5, 0.6) is 0 Å². The summed E-state index contributed by atoms with van der Waals surface area (Å²) in [6.45, 7) is 0. The molecule has 0 saturated heterocycles. The molecular weight excluding hydrogens is 404 g/mol. The Hall–Kier alpha value is -3.59. The third kappa shape index (κ3) is 5.06. The van der Waals surface area contributed by atoms with E-state index in [1.807, 2.05) is 36.4 Å². The third-order valence-electron chi connectivity index (χ3n) is 4.15. The second kappa shape index (κ2) is 9.75. The van der Waals surface area contributed by atoms with Gasteiger partial charge in [0.25, 0.3) is 5.56 Å². The van der Waals surface area contributed by atoms with E-state index >= 15 is 0 Å². The number of carbonyl (C=O) groups is 2. The molecular formula is C21H20N4O4S. The highest BCUT2D eigenvalue weighted by Gasteiger charge is 2.23. The number of rotatable bonds is 7. The van der Waals surface area contributed by atoms with Gasteiger partial charge in [-0.05, 0) is 17.7 Å². The number of para-hydroxylation sites is 1. The Labute approximate surface area is 177 Å². The Bertz CT molecular complexity index is 1090. The minimum absolute atomic E-state index is 0.0803. The maximum atomic E-state index is 12.6. The summed E-state index contributed by atoms with van der Waals surface area (Å²) in [6.07, 6.45) is 0. The topological polar surface area (TPSA) is 116 Å². The number of nitrogens with one attached hydrogen (secondary N) is 1. The number of ether oxygens (including phenoxy) is 1. The summed E-state index contributed by atoms with van der Waals surface area (Å²) < 4.78 is 6.40. The Morgan fingerprint density at radius 2 is 1.77 bits per heavy atom. The highest BCUT2D eigenvalue weighted by Crippen LogP contribution is 2.22. The summed E-state index contributed by atoms with van der Waals surface area (Å²) in [5.41, 5.74) is 6.84. The molecule has 1 atom stereocenters. The number of amides is 1. The summed E-state index contributed by atoms with van der Waals surface area (Å²) in [4.78, 5) is 40.5. The molecule has 9 heteroatoms. The van der Waals surface area contributed by atoms with Crippen LogP contribution in [-0.4, -0.2) is 34.3 Å². The van der Waals surface area contributed by atoms with Crippen molar-refractivity contribution in [3.8, 4) is 5.69 Å². The lowest BCUT2D eigenvalue weighted by Gasteiger charge is -2.17. The van der Waals surface area contributed by atoms with Gasteiger partial charge in [-0.15, -0.1) is 0 Å². The standard InChI is InChI=1S/C21H20N4O4S/c1-29-20(28)19(14-8-4-2-5-9-14)23-18(27)13-30-21-24-17(26)12-16(22)25(21)15-10-6-3-7-11-15/h2-12,19H,13,22H2,1H3,(H,23,27)/t19-/m0/s1. The van der Waals surface area contributed by atoms with E-state index in [0.29, 0.717) is 11.3 Å². The van der Waals surface area contributed by atoms with Crippen LogP contribution >= 0.6 is 11.8 Å². The predicted molar refractivity (Wildman–Crippen MR) is 114 cm³/mol. The minimum atomic E-state index is -0.936. The molecule has 8 nitrogen and oxygen atoms in total. The molecule has 0 unspecified atom stereocenters. The summed E-state index contributed by atoms with van der Waals surface area (Å²) >= 11 is 1.04. The predicted octanol–water partition coefficient (Wildman–Crippen LogP) is 1.94. The third-order valence-corrected chi connectivity index (χ3v) is 5.09. The molecule has 154 valence electrons. The molecule has 3 aromatic rings. The molecule has 2 aromatic carbocycles. The summed E-state index contributed by atoms with van der Waals surface area (Å²) in [5.74, 6) is -0.873. The van der Waals surface area contributed by atoms with Crippen LogP contribution in [0, 0.1) is 0 Å². The van der Waals surface area contributed by atoms with Gasteiger partial charge in [0, 0.05) is 11.8 Å². The van der Waals surface area contributed by atoms with Crippen molar-refractivity contribution in [3.63, 3.8) is 0 Å². The lowest BCUT2D eigenvalue weighted by Crippen LogP contribution is -2.35. The zero-order chi connectivity index (χ0) is 21.5. The molecule has 0 aliphatic carbocycles. The van der Waals surface area contributed by atoms with Gasteiger partial charge in [-0.2, -0.15) is 4.98 Å². The number of carbonyl (C=O) groups excluding carboxylic acids is 2. The maximum absolute atomic E-state index is 12.6. The van der Waals surface area contributed by atoms with Crippen LogP contribution in [0.1, 0.15) is 11.6 Å². The van der Waals surface area contributed by atoms with Crippen molar-refractivity contribution >= 4 is 29.5 Å². The van der Waals surface area contributed by atoms with Crippen molar-refractivity contribution in [3.05, 3.63) is 82.6 Å². The number of benzene rings is 2. The van der Waals surface area contributed by atoms with E-state index in [-0.39, 0.29) is 16.7 Å². The number of anilines is 1. The average Bonchev–Trinajstić information content (AvgIpc) is 2.76. The summed E-state index contributed by atoms with van der Waals surface area (Å²) in [7, 11) is 1.26. The number of nitrogens with two attached hydrogens (primary N) is 1. The lowest BCUT2D eigenvalue weighted by molar-refractivity contribution is -0.145. The lowest BCUT2D eigenvalue weighted by atomic mass is 10.1. The molecule has 0 aliphatic heterocycles. The van der Waals surface area contributed by atoms with E-state index in [1.54, 1.807) is 28.8 Å². The zero-order valence-electron chi connectivity index (χ0n) is 16.1. The maximum Gasteiger partial charge on any atom is 0.333 e. The number of esters is 1. The van der Waals surface area contributed by atoms with Crippen molar-refractivity contribution in [1.29, 1.82) is 0 Å². The first-order chi connectivity index (χ1) is 14.5. The summed E-state index contributed by atoms with van der Waals surface area (Å²) in [5, 5.41) is 2.94. The first-order valence-electron chi connectivity index (χ1n) is 8.99. The highest BCUT2D eigenvalue weighted by atomic mass is 32.2. The fourth-order valence-corrected chi connectivity index (χ4v) is 3.62. The Morgan fingerprint density at radius 1 is 1.13 bits per heavy atom. The zero-order valence-corrected chi connectivity index (χ0v) is 17.0. The Morgan fingerprint density at radius 3 is 2.40 bits per heavy atom. The van der Waals surface area contributed by atoms with Crippen LogP contribution in [-0.2, 0) is 14.3 Å². The Kier molecular flexibility index (Phi) is 6.87.